The van der Waals surface area contributed by atoms with E-state index in [-0.39, 0.29) is 35.6 Å². The second-order valence-corrected chi connectivity index (χ2v) is 11.9. The van der Waals surface area contributed by atoms with Crippen LogP contribution in [0, 0.1) is 11.7 Å². The van der Waals surface area contributed by atoms with Gasteiger partial charge in [0.05, 0.1) is 29.7 Å². The highest BCUT2D eigenvalue weighted by molar-refractivity contribution is 7.99. The smallest absolute Gasteiger partial charge is 0.413 e. The van der Waals surface area contributed by atoms with Gasteiger partial charge < -0.3 is 9.64 Å². The van der Waals surface area contributed by atoms with Crippen molar-refractivity contribution < 1.29 is 18.3 Å². The van der Waals surface area contributed by atoms with Crippen LogP contribution in [0.1, 0.15) is 53.2 Å². The fourth-order valence-electron chi connectivity index (χ4n) is 5.56. The van der Waals surface area contributed by atoms with Crippen LogP contribution in [0.3, 0.4) is 0 Å². The molecule has 0 spiro atoms. The number of hydrogen-bond acceptors (Lipinski definition) is 7. The summed E-state index contributed by atoms with van der Waals surface area (Å²) in [6.45, 7) is 13.3. The minimum atomic E-state index is -1.96. The van der Waals surface area contributed by atoms with Gasteiger partial charge in [0, 0.05) is 12.3 Å². The number of amides is 1. The predicted octanol–water partition coefficient (Wildman–Crippen LogP) is 5.85. The number of carbonyl (C=O) groups is 1. The Morgan fingerprint density at radius 2 is 2.06 bits per heavy atom. The van der Waals surface area contributed by atoms with Crippen LogP contribution in [0.25, 0.3) is 16.5 Å². The van der Waals surface area contributed by atoms with E-state index >= 15 is 8.78 Å². The van der Waals surface area contributed by atoms with Crippen LogP contribution in [0.4, 0.5) is 19.4 Å². The van der Waals surface area contributed by atoms with Crippen LogP contribution in [-0.2, 0) is 4.74 Å². The summed E-state index contributed by atoms with van der Waals surface area (Å²) in [5, 5.41) is 0.452. The molecule has 2 saturated heterocycles. The number of aromatic nitrogens is 3. The van der Waals surface area contributed by atoms with E-state index in [9.17, 15) is 4.79 Å². The molecule has 5 heterocycles. The number of nitrogens with zero attached hydrogens (tertiary/aromatic N) is 5. The van der Waals surface area contributed by atoms with Crippen LogP contribution in [0.5, 0.6) is 0 Å². The normalized spacial score (nSPS) is 27.8. The summed E-state index contributed by atoms with van der Waals surface area (Å²) in [4.78, 5) is 29.8. The summed E-state index contributed by atoms with van der Waals surface area (Å²) < 4.78 is 37.3. The molecule has 3 aliphatic heterocycles. The summed E-state index contributed by atoms with van der Waals surface area (Å²) in [5.41, 5.74) is 0.309. The maximum absolute atomic E-state index is 16.5. The number of hydrogen-bond donors (Lipinski definition) is 0. The molecule has 0 aliphatic carbocycles. The summed E-state index contributed by atoms with van der Waals surface area (Å²) in [7, 11) is 0. The average Bonchev–Trinajstić information content (AvgIpc) is 2.98. The topological polar surface area (TPSA) is 71.5 Å². The average molecular weight is 524 g/mol. The van der Waals surface area contributed by atoms with E-state index in [4.69, 9.17) is 21.3 Å². The van der Waals surface area contributed by atoms with Gasteiger partial charge in [0.2, 0.25) is 5.79 Å². The number of ether oxygens (including phenoxy) is 1. The standard InChI is InChI=1S/C24H28ClF2N5O2S/c1-7-35-21-29-17-14-16(28-19(25)15(17)26)11(2)12(3)18-13-8-9-24(27,10-31(18)20(14)30-21)32(13)22(33)34-23(4,5)6/h12-13,18H,2,7-10H2,1,3-6H3/t12-,13-,18-,24+/m0/s1. The lowest BCUT2D eigenvalue weighted by Gasteiger charge is -2.51. The van der Waals surface area contributed by atoms with Gasteiger partial charge >= 0.3 is 6.09 Å². The molecule has 2 aromatic rings. The van der Waals surface area contributed by atoms with E-state index in [0.29, 0.717) is 39.8 Å². The zero-order valence-corrected chi connectivity index (χ0v) is 21.9. The highest BCUT2D eigenvalue weighted by atomic mass is 35.5. The van der Waals surface area contributed by atoms with E-state index in [1.807, 2.05) is 18.7 Å². The summed E-state index contributed by atoms with van der Waals surface area (Å²) >= 11 is 7.53. The first-order chi connectivity index (χ1) is 16.4. The molecule has 188 valence electrons. The summed E-state index contributed by atoms with van der Waals surface area (Å²) in [6, 6.07) is -0.854. The zero-order chi connectivity index (χ0) is 25.4. The molecule has 5 rings (SSSR count). The quantitative estimate of drug-likeness (QED) is 0.212. The molecule has 2 aromatic heterocycles. The minimum absolute atomic E-state index is 0.0461. The van der Waals surface area contributed by atoms with Crippen molar-refractivity contribution in [2.75, 3.05) is 17.2 Å². The number of pyridine rings is 1. The van der Waals surface area contributed by atoms with Crippen molar-refractivity contribution in [1.82, 2.24) is 19.9 Å². The number of carbonyl (C=O) groups excluding carboxylic acids is 1. The van der Waals surface area contributed by atoms with E-state index in [1.165, 1.54) is 16.7 Å². The second kappa shape index (κ2) is 8.16. The van der Waals surface area contributed by atoms with Gasteiger partial charge in [-0.3, -0.25) is 4.90 Å². The van der Waals surface area contributed by atoms with E-state index < -0.39 is 29.3 Å². The molecule has 0 aromatic carbocycles. The van der Waals surface area contributed by atoms with Crippen molar-refractivity contribution in [2.24, 2.45) is 5.92 Å². The van der Waals surface area contributed by atoms with Gasteiger partial charge in [-0.15, -0.1) is 0 Å². The molecule has 1 amide bonds. The van der Waals surface area contributed by atoms with Gasteiger partial charge in [-0.25, -0.2) is 28.5 Å². The summed E-state index contributed by atoms with van der Waals surface area (Å²) in [5.74, 6) is -1.88. The van der Waals surface area contributed by atoms with Crippen molar-refractivity contribution in [1.29, 1.82) is 0 Å². The van der Waals surface area contributed by atoms with Gasteiger partial charge in [-0.2, -0.15) is 0 Å². The Kier molecular flexibility index (Phi) is 5.71. The number of alkyl halides is 1. The number of piperazine rings is 1. The highest BCUT2D eigenvalue weighted by Gasteiger charge is 2.61. The fraction of sp³-hybridized carbons (Fsp3) is 0.583. The number of halogens is 3. The molecule has 0 radical (unpaired) electrons. The first-order valence-electron chi connectivity index (χ1n) is 11.7. The Hall–Kier alpha value is -2.20. The van der Waals surface area contributed by atoms with Crippen LogP contribution < -0.4 is 4.90 Å². The molecule has 4 atom stereocenters. The Morgan fingerprint density at radius 3 is 2.71 bits per heavy atom. The molecule has 2 fully saturated rings. The molecule has 0 unspecified atom stereocenters. The monoisotopic (exact) mass is 523 g/mol. The Morgan fingerprint density at radius 1 is 1.34 bits per heavy atom. The van der Waals surface area contributed by atoms with Gasteiger partial charge in [0.1, 0.15) is 16.9 Å². The van der Waals surface area contributed by atoms with Crippen LogP contribution in [0.15, 0.2) is 11.7 Å². The van der Waals surface area contributed by atoms with E-state index in [2.05, 4.69) is 16.5 Å². The number of rotatable bonds is 2. The van der Waals surface area contributed by atoms with Crippen LogP contribution in [0.2, 0.25) is 5.15 Å². The molecular formula is C24H28ClF2N5O2S. The lowest BCUT2D eigenvalue weighted by atomic mass is 9.85. The van der Waals surface area contributed by atoms with Gasteiger partial charge in [-0.05, 0) is 38.5 Å². The van der Waals surface area contributed by atoms with Crippen molar-refractivity contribution >= 4 is 51.7 Å². The molecule has 35 heavy (non-hydrogen) atoms. The van der Waals surface area contributed by atoms with Crippen molar-refractivity contribution in [3.63, 3.8) is 0 Å². The van der Waals surface area contributed by atoms with Crippen molar-refractivity contribution in [2.45, 2.75) is 76.1 Å². The maximum Gasteiger partial charge on any atom is 0.413 e. The van der Waals surface area contributed by atoms with Crippen LogP contribution >= 0.6 is 23.4 Å². The third-order valence-electron chi connectivity index (χ3n) is 6.96. The lowest BCUT2D eigenvalue weighted by Crippen LogP contribution is -2.67. The lowest BCUT2D eigenvalue weighted by molar-refractivity contribution is -0.0597. The number of fused-ring (bicyclic) bond motifs is 5. The van der Waals surface area contributed by atoms with Gasteiger partial charge in [0.25, 0.3) is 0 Å². The molecule has 7 nitrogen and oxygen atoms in total. The number of thioether (sulfide) groups is 1. The van der Waals surface area contributed by atoms with E-state index in [1.54, 1.807) is 20.8 Å². The van der Waals surface area contributed by atoms with Crippen molar-refractivity contribution in [3.8, 4) is 0 Å². The molecule has 11 heteroatoms. The Bertz CT molecular complexity index is 1250. The highest BCUT2D eigenvalue weighted by Crippen LogP contribution is 2.52. The third-order valence-corrected chi connectivity index (χ3v) is 7.94. The number of anilines is 1. The largest absolute Gasteiger partial charge is 0.444 e. The third kappa shape index (κ3) is 3.75. The van der Waals surface area contributed by atoms with Crippen LogP contribution in [-0.4, -0.2) is 61.7 Å². The first-order valence-corrected chi connectivity index (χ1v) is 13.1. The minimum Gasteiger partial charge on any atom is -0.444 e. The van der Waals surface area contributed by atoms with E-state index in [0.717, 1.165) is 0 Å². The molecule has 3 aliphatic rings. The molecule has 2 bridgehead atoms. The van der Waals surface area contributed by atoms with Gasteiger partial charge in [0.15, 0.2) is 16.1 Å². The predicted molar refractivity (Wildman–Crippen MR) is 133 cm³/mol. The zero-order valence-electron chi connectivity index (χ0n) is 20.4. The molecule has 0 saturated carbocycles. The maximum atomic E-state index is 16.5. The second-order valence-electron chi connectivity index (χ2n) is 10.4. The molecular weight excluding hydrogens is 496 g/mol. The Labute approximate surface area is 212 Å². The molecule has 0 N–H and O–H groups in total. The first kappa shape index (κ1) is 24.5. The SMILES string of the molecule is C=C1c2nc(Cl)c(F)c3nc(SCC)nc(c23)N2C[C@@]3(F)CC[C@@H]([C@@H]2[C@H]1C)N3C(=O)OC(C)(C)C. The Balaban J connectivity index is 1.72. The van der Waals surface area contributed by atoms with Gasteiger partial charge in [-0.1, -0.05) is 43.8 Å². The fourth-order valence-corrected chi connectivity index (χ4v) is 6.30. The summed E-state index contributed by atoms with van der Waals surface area (Å²) in [6.07, 6.45) is -0.0457. The van der Waals surface area contributed by atoms with Crippen molar-refractivity contribution in [3.05, 3.63) is 23.2 Å².